The molecule has 2 fully saturated rings. The normalized spacial score (nSPS) is 19.7. The number of benzene rings is 2. The molecule has 0 aliphatic carbocycles. The van der Waals surface area contributed by atoms with Crippen LogP contribution in [-0.4, -0.2) is 71.8 Å². The maximum absolute atomic E-state index is 12.8. The third kappa shape index (κ3) is 5.98. The molecular formula is C31H39N7O4S. The monoisotopic (exact) mass is 605 g/mol. The summed E-state index contributed by atoms with van der Waals surface area (Å²) in [5, 5.41) is 38.7. The van der Waals surface area contributed by atoms with Crippen molar-refractivity contribution < 1.29 is 15.0 Å². The number of aromatic amines is 1. The number of carbonyl (C=O) groups is 1. The molecule has 11 nitrogen and oxygen atoms in total. The highest BCUT2D eigenvalue weighted by Gasteiger charge is 2.42. The lowest BCUT2D eigenvalue weighted by molar-refractivity contribution is 0.247. The minimum absolute atomic E-state index is 0.00801. The maximum Gasteiger partial charge on any atom is 0.348 e. The van der Waals surface area contributed by atoms with Crippen molar-refractivity contribution >= 4 is 28.7 Å². The van der Waals surface area contributed by atoms with Gasteiger partial charge in [0.2, 0.25) is 0 Å². The van der Waals surface area contributed by atoms with E-state index in [1.54, 1.807) is 6.07 Å². The first kappa shape index (κ1) is 29.2. The number of hydrogen-bond donors (Lipinski definition) is 6. The number of H-pyrrole nitrogens is 1. The Morgan fingerprint density at radius 2 is 1.91 bits per heavy atom. The Hall–Kier alpha value is -3.90. The lowest BCUT2D eigenvalue weighted by atomic mass is 9.98. The smallest absolute Gasteiger partial charge is 0.348 e. The topological polar surface area (TPSA) is 149 Å². The first-order valence-electron chi connectivity index (χ1n) is 15.0. The van der Waals surface area contributed by atoms with Crippen molar-refractivity contribution in [2.24, 2.45) is 0 Å². The summed E-state index contributed by atoms with van der Waals surface area (Å²) < 4.78 is 3.64. The van der Waals surface area contributed by atoms with Crippen LogP contribution in [0.3, 0.4) is 0 Å². The Kier molecular flexibility index (Phi) is 8.40. The molecule has 2 aromatic carbocycles. The van der Waals surface area contributed by atoms with Crippen LogP contribution in [0.1, 0.15) is 51.0 Å². The van der Waals surface area contributed by atoms with Crippen LogP contribution in [0, 0.1) is 0 Å². The largest absolute Gasteiger partial charge is 0.508 e. The van der Waals surface area contributed by atoms with Crippen molar-refractivity contribution in [1.82, 2.24) is 35.3 Å². The summed E-state index contributed by atoms with van der Waals surface area (Å²) >= 11 is 1.97. The minimum Gasteiger partial charge on any atom is -0.508 e. The van der Waals surface area contributed by atoms with Crippen LogP contribution >= 0.6 is 11.8 Å². The Labute approximate surface area is 254 Å². The Morgan fingerprint density at radius 1 is 1.05 bits per heavy atom. The van der Waals surface area contributed by atoms with E-state index in [1.807, 2.05) is 49.9 Å². The van der Waals surface area contributed by atoms with Gasteiger partial charge in [-0.2, -0.15) is 16.9 Å². The van der Waals surface area contributed by atoms with Gasteiger partial charge in [0.25, 0.3) is 0 Å². The molecule has 0 bridgehead atoms. The molecule has 4 heterocycles. The molecule has 2 aromatic heterocycles. The molecule has 3 atom stereocenters. The number of amides is 2. The van der Waals surface area contributed by atoms with E-state index in [4.69, 9.17) is 0 Å². The van der Waals surface area contributed by atoms with Gasteiger partial charge in [-0.1, -0.05) is 26.7 Å². The third-order valence-electron chi connectivity index (χ3n) is 8.50. The zero-order valence-electron chi connectivity index (χ0n) is 24.5. The number of nitrogens with zero attached hydrogens (tertiary/aromatic N) is 3. The molecule has 2 saturated heterocycles. The van der Waals surface area contributed by atoms with E-state index in [9.17, 15) is 19.8 Å². The van der Waals surface area contributed by atoms with Crippen molar-refractivity contribution in [3.63, 3.8) is 0 Å². The van der Waals surface area contributed by atoms with E-state index in [1.165, 1.54) is 23.5 Å². The van der Waals surface area contributed by atoms with Gasteiger partial charge in [0.15, 0.2) is 5.82 Å². The van der Waals surface area contributed by atoms with E-state index in [0.717, 1.165) is 49.1 Å². The summed E-state index contributed by atoms with van der Waals surface area (Å²) in [7, 11) is 0. The highest BCUT2D eigenvalue weighted by atomic mass is 32.2. The van der Waals surface area contributed by atoms with Gasteiger partial charge in [0.1, 0.15) is 11.5 Å². The van der Waals surface area contributed by atoms with Gasteiger partial charge in [0.05, 0.1) is 23.3 Å². The van der Waals surface area contributed by atoms with Crippen molar-refractivity contribution in [1.29, 1.82) is 0 Å². The highest BCUT2D eigenvalue weighted by Crippen LogP contribution is 2.37. The first-order valence-corrected chi connectivity index (χ1v) is 16.1. The number of unbranched alkanes of at least 4 members (excludes halogenated alkanes) is 2. The van der Waals surface area contributed by atoms with Gasteiger partial charge >= 0.3 is 11.7 Å². The van der Waals surface area contributed by atoms with Crippen LogP contribution in [0.5, 0.6) is 11.5 Å². The quantitative estimate of drug-likeness (QED) is 0.105. The predicted molar refractivity (Wildman–Crippen MR) is 169 cm³/mol. The van der Waals surface area contributed by atoms with Crippen molar-refractivity contribution in [3.8, 4) is 28.6 Å². The number of thioether (sulfide) groups is 1. The molecule has 6 rings (SSSR count). The van der Waals surface area contributed by atoms with E-state index in [0.29, 0.717) is 28.1 Å². The van der Waals surface area contributed by atoms with Crippen LogP contribution in [0.15, 0.2) is 47.4 Å². The summed E-state index contributed by atoms with van der Waals surface area (Å²) in [4.78, 5) is 24.4. The molecule has 228 valence electrons. The minimum atomic E-state index is -0.412. The molecule has 4 aromatic rings. The SMILES string of the molecule is CC(C)c1cc(-c2n[nH]c(=O)n2-c2ccc3c(ccn3CCNCCCCC[C@@H]3SC[C@H]4NC(=O)N[C@@H]34)c2)c(O)cc1O. The molecule has 6 N–H and O–H groups in total. The van der Waals surface area contributed by atoms with Gasteiger partial charge < -0.3 is 30.7 Å². The highest BCUT2D eigenvalue weighted by molar-refractivity contribution is 8.00. The number of urea groups is 1. The number of nitrogens with one attached hydrogen (secondary N) is 4. The van der Waals surface area contributed by atoms with E-state index in [2.05, 4.69) is 36.9 Å². The molecule has 0 spiro atoms. The van der Waals surface area contributed by atoms with Crippen LogP contribution in [-0.2, 0) is 6.54 Å². The van der Waals surface area contributed by atoms with Crippen molar-refractivity contribution in [2.45, 2.75) is 69.3 Å². The zero-order chi connectivity index (χ0) is 30.1. The van der Waals surface area contributed by atoms with Crippen LogP contribution in [0.4, 0.5) is 4.79 Å². The van der Waals surface area contributed by atoms with Crippen molar-refractivity contribution in [3.05, 3.63) is 58.6 Å². The number of phenols is 2. The second-order valence-corrected chi connectivity index (χ2v) is 13.0. The van der Waals surface area contributed by atoms with E-state index >= 15 is 0 Å². The van der Waals surface area contributed by atoms with Gasteiger partial charge in [-0.15, -0.1) is 0 Å². The maximum atomic E-state index is 12.8. The predicted octanol–water partition coefficient (Wildman–Crippen LogP) is 4.03. The Balaban J connectivity index is 1.03. The summed E-state index contributed by atoms with van der Waals surface area (Å²) in [6.45, 7) is 6.55. The molecular weight excluding hydrogens is 566 g/mol. The molecule has 2 aliphatic heterocycles. The fourth-order valence-corrected chi connectivity index (χ4v) is 7.76. The Bertz CT molecular complexity index is 1680. The summed E-state index contributed by atoms with van der Waals surface area (Å²) in [5.74, 6) is 1.17. The molecule has 2 amide bonds. The van der Waals surface area contributed by atoms with Gasteiger partial charge in [-0.25, -0.2) is 19.3 Å². The van der Waals surface area contributed by atoms with Crippen LogP contribution in [0.25, 0.3) is 28.0 Å². The second kappa shape index (κ2) is 12.4. The summed E-state index contributed by atoms with van der Waals surface area (Å²) in [6.07, 6.45) is 6.68. The first-order chi connectivity index (χ1) is 20.8. The lowest BCUT2D eigenvalue weighted by Crippen LogP contribution is -2.36. The van der Waals surface area contributed by atoms with Gasteiger partial charge in [-0.05, 0) is 61.2 Å². The lowest BCUT2D eigenvalue weighted by Gasteiger charge is -2.16. The number of rotatable bonds is 12. The Morgan fingerprint density at radius 3 is 2.74 bits per heavy atom. The number of hydrogen-bond acceptors (Lipinski definition) is 7. The standard InChI is InChI=1S/C31H39N7O4S/c1-18(2)21-15-22(26(40)16-25(21)39)29-35-36-31(42)38(29)20-7-8-24-19(14-20)9-12-37(24)13-11-32-10-5-3-4-6-27-28-23(17-43-27)33-30(41)34-28/h7-9,12,14-16,18,23,27-28,32,39-40H,3-6,10-11,13,17H2,1-2H3,(H,36,42)(H2,33,34,41)/t23-,27+,28-/m1/s1. The third-order valence-corrected chi connectivity index (χ3v) is 10.0. The molecule has 0 radical (unpaired) electrons. The number of aromatic hydroxyl groups is 2. The molecule has 2 aliphatic rings. The second-order valence-electron chi connectivity index (χ2n) is 11.7. The summed E-state index contributed by atoms with van der Waals surface area (Å²) in [5.41, 5.74) is 2.32. The number of phenolic OH excluding ortho intramolecular Hbond substituents is 2. The molecule has 0 saturated carbocycles. The van der Waals surface area contributed by atoms with Crippen molar-refractivity contribution in [2.75, 3.05) is 18.8 Å². The zero-order valence-corrected chi connectivity index (χ0v) is 25.3. The summed E-state index contributed by atoms with van der Waals surface area (Å²) in [6, 6.07) is 11.4. The fraction of sp³-hybridized carbons (Fsp3) is 0.452. The molecule has 12 heteroatoms. The average Bonchev–Trinajstić information content (AvgIpc) is 3.74. The van der Waals surface area contributed by atoms with Gasteiger partial charge in [0, 0.05) is 47.3 Å². The number of carbonyl (C=O) groups excluding carboxylic acids is 1. The van der Waals surface area contributed by atoms with E-state index in [-0.39, 0.29) is 35.3 Å². The van der Waals surface area contributed by atoms with Gasteiger partial charge in [-0.3, -0.25) is 0 Å². The molecule has 43 heavy (non-hydrogen) atoms. The molecule has 0 unspecified atom stereocenters. The van der Waals surface area contributed by atoms with E-state index < -0.39 is 5.69 Å². The van der Waals surface area contributed by atoms with Crippen LogP contribution < -0.4 is 21.6 Å². The average molecular weight is 606 g/mol. The number of aromatic nitrogens is 4. The van der Waals surface area contributed by atoms with Crippen LogP contribution in [0.2, 0.25) is 0 Å². The number of fused-ring (bicyclic) bond motifs is 2. The fourth-order valence-electron chi connectivity index (χ4n) is 6.21.